The summed E-state index contributed by atoms with van der Waals surface area (Å²) in [6.45, 7) is 6.27. The molecule has 1 aromatic heterocycles. The first kappa shape index (κ1) is 15.5. The lowest BCUT2D eigenvalue weighted by Gasteiger charge is -2.10. The van der Waals surface area contributed by atoms with Crippen LogP contribution in [0, 0.1) is 5.82 Å². The van der Waals surface area contributed by atoms with Gasteiger partial charge in [-0.3, -0.25) is 4.68 Å². The molecule has 5 heteroatoms. The number of ether oxygens (including phenoxy) is 1. The summed E-state index contributed by atoms with van der Waals surface area (Å²) in [6.07, 6.45) is 2.93. The van der Waals surface area contributed by atoms with Crippen molar-refractivity contribution in [1.82, 2.24) is 9.78 Å². The molecule has 0 aliphatic heterocycles. The predicted molar refractivity (Wildman–Crippen MR) is 80.6 cm³/mol. The summed E-state index contributed by atoms with van der Waals surface area (Å²) in [6, 6.07) is 6.85. The highest BCUT2D eigenvalue weighted by molar-refractivity contribution is 5.30. The highest BCUT2D eigenvalue weighted by atomic mass is 19.1. The highest BCUT2D eigenvalue weighted by Gasteiger charge is 2.09. The van der Waals surface area contributed by atoms with Gasteiger partial charge in [-0.25, -0.2) is 4.39 Å². The van der Waals surface area contributed by atoms with Crippen molar-refractivity contribution in [2.24, 2.45) is 5.73 Å². The van der Waals surface area contributed by atoms with Crippen LogP contribution < -0.4 is 10.5 Å². The normalized spacial score (nSPS) is 14.0. The van der Waals surface area contributed by atoms with Crippen molar-refractivity contribution < 1.29 is 9.13 Å². The minimum Gasteiger partial charge on any atom is -0.484 e. The van der Waals surface area contributed by atoms with E-state index in [9.17, 15) is 4.39 Å². The third-order valence-corrected chi connectivity index (χ3v) is 3.56. The summed E-state index contributed by atoms with van der Waals surface area (Å²) in [5, 5.41) is 4.42. The molecule has 0 saturated carbocycles. The Kier molecular flexibility index (Phi) is 4.96. The van der Waals surface area contributed by atoms with Gasteiger partial charge in [-0.15, -0.1) is 0 Å². The maximum Gasteiger partial charge on any atom is 0.165 e. The number of rotatable bonds is 6. The molecular weight excluding hydrogens is 269 g/mol. The zero-order valence-corrected chi connectivity index (χ0v) is 12.7. The van der Waals surface area contributed by atoms with E-state index in [0.717, 1.165) is 17.7 Å². The Morgan fingerprint density at radius 2 is 2.10 bits per heavy atom. The Balaban J connectivity index is 2.01. The first-order valence-corrected chi connectivity index (χ1v) is 7.23. The van der Waals surface area contributed by atoms with Gasteiger partial charge in [0.25, 0.3) is 0 Å². The largest absolute Gasteiger partial charge is 0.484 e. The molecule has 0 saturated heterocycles. The second-order valence-electron chi connectivity index (χ2n) is 5.31. The van der Waals surface area contributed by atoms with Crippen molar-refractivity contribution in [3.8, 4) is 5.75 Å². The number of aromatic nitrogens is 2. The molecule has 1 unspecified atom stereocenters. The molecule has 0 aliphatic carbocycles. The Hall–Kier alpha value is -1.88. The van der Waals surface area contributed by atoms with Crippen LogP contribution in [0.1, 0.15) is 50.5 Å². The van der Waals surface area contributed by atoms with Crippen molar-refractivity contribution in [3.05, 3.63) is 47.5 Å². The van der Waals surface area contributed by atoms with E-state index in [-0.39, 0.29) is 18.4 Å². The molecule has 2 N–H and O–H groups in total. The van der Waals surface area contributed by atoms with Gasteiger partial charge in [0.05, 0.1) is 5.69 Å². The molecule has 1 aromatic carbocycles. The Bertz CT molecular complexity index is 595. The van der Waals surface area contributed by atoms with E-state index in [2.05, 4.69) is 18.9 Å². The topological polar surface area (TPSA) is 53.1 Å². The second-order valence-corrected chi connectivity index (χ2v) is 5.31. The first-order chi connectivity index (χ1) is 10.0. The number of hydrogen-bond acceptors (Lipinski definition) is 3. The molecule has 0 spiro atoms. The smallest absolute Gasteiger partial charge is 0.165 e. The number of hydrogen-bond donors (Lipinski definition) is 1. The van der Waals surface area contributed by atoms with Crippen molar-refractivity contribution >= 4 is 0 Å². The molecule has 0 fully saturated rings. The average molecular weight is 291 g/mol. The van der Waals surface area contributed by atoms with Gasteiger partial charge in [-0.2, -0.15) is 5.10 Å². The van der Waals surface area contributed by atoms with Crippen LogP contribution in [0.5, 0.6) is 5.75 Å². The van der Waals surface area contributed by atoms with E-state index in [1.165, 1.54) is 6.07 Å². The van der Waals surface area contributed by atoms with Crippen LogP contribution in [0.15, 0.2) is 30.5 Å². The molecule has 1 heterocycles. The average Bonchev–Trinajstić information content (AvgIpc) is 2.93. The van der Waals surface area contributed by atoms with Crippen LogP contribution in [-0.4, -0.2) is 9.78 Å². The van der Waals surface area contributed by atoms with Crippen LogP contribution in [-0.2, 0) is 6.61 Å². The van der Waals surface area contributed by atoms with Gasteiger partial charge in [0.1, 0.15) is 6.61 Å². The Morgan fingerprint density at radius 3 is 2.71 bits per heavy atom. The number of nitrogens with two attached hydrogens (primary N) is 1. The fraction of sp³-hybridized carbons (Fsp3) is 0.438. The molecule has 0 radical (unpaired) electrons. The number of halogens is 1. The van der Waals surface area contributed by atoms with Crippen molar-refractivity contribution in [2.45, 2.75) is 45.9 Å². The molecule has 0 aliphatic rings. The van der Waals surface area contributed by atoms with E-state index in [1.54, 1.807) is 12.1 Å². The summed E-state index contributed by atoms with van der Waals surface area (Å²) in [5.41, 5.74) is 7.26. The summed E-state index contributed by atoms with van der Waals surface area (Å²) >= 11 is 0. The number of benzene rings is 1. The van der Waals surface area contributed by atoms with Crippen molar-refractivity contribution in [2.75, 3.05) is 0 Å². The molecule has 4 nitrogen and oxygen atoms in total. The standard InChI is InChI=1S/C16H22FN3O/c1-4-11(2)20-8-7-14(19-20)10-21-16-6-5-13(12(3)18)9-15(16)17/h5-9,11-12H,4,10,18H2,1-3H3/t11?,12-/m0/s1. The van der Waals surface area contributed by atoms with Gasteiger partial charge >= 0.3 is 0 Å². The zero-order chi connectivity index (χ0) is 15.4. The van der Waals surface area contributed by atoms with Crippen molar-refractivity contribution in [1.29, 1.82) is 0 Å². The minimum atomic E-state index is -0.397. The minimum absolute atomic E-state index is 0.195. The lowest BCUT2D eigenvalue weighted by molar-refractivity contribution is 0.283. The summed E-state index contributed by atoms with van der Waals surface area (Å²) < 4.78 is 21.3. The predicted octanol–water partition coefficient (Wildman–Crippen LogP) is 3.59. The van der Waals surface area contributed by atoms with Crippen LogP contribution >= 0.6 is 0 Å². The van der Waals surface area contributed by atoms with Crippen LogP contribution in [0.3, 0.4) is 0 Å². The van der Waals surface area contributed by atoms with Crippen LogP contribution in [0.2, 0.25) is 0 Å². The van der Waals surface area contributed by atoms with E-state index in [0.29, 0.717) is 6.04 Å². The van der Waals surface area contributed by atoms with E-state index in [4.69, 9.17) is 10.5 Å². The first-order valence-electron chi connectivity index (χ1n) is 7.23. The highest BCUT2D eigenvalue weighted by Crippen LogP contribution is 2.22. The van der Waals surface area contributed by atoms with E-state index in [1.807, 2.05) is 23.9 Å². The molecule has 2 atom stereocenters. The fourth-order valence-corrected chi connectivity index (χ4v) is 1.96. The molecule has 114 valence electrons. The third kappa shape index (κ3) is 3.82. The lowest BCUT2D eigenvalue weighted by Crippen LogP contribution is -2.07. The summed E-state index contributed by atoms with van der Waals surface area (Å²) in [7, 11) is 0. The van der Waals surface area contributed by atoms with Gasteiger partial charge in [0.2, 0.25) is 0 Å². The van der Waals surface area contributed by atoms with E-state index < -0.39 is 5.82 Å². The Labute approximate surface area is 124 Å². The third-order valence-electron chi connectivity index (χ3n) is 3.56. The van der Waals surface area contributed by atoms with Gasteiger partial charge in [0.15, 0.2) is 11.6 Å². The van der Waals surface area contributed by atoms with E-state index >= 15 is 0 Å². The second kappa shape index (κ2) is 6.72. The Morgan fingerprint density at radius 1 is 1.33 bits per heavy atom. The fourth-order valence-electron chi connectivity index (χ4n) is 1.96. The summed E-state index contributed by atoms with van der Waals surface area (Å²) in [4.78, 5) is 0. The van der Waals surface area contributed by atoms with Gasteiger partial charge in [-0.1, -0.05) is 13.0 Å². The molecule has 0 bridgehead atoms. The quantitative estimate of drug-likeness (QED) is 0.885. The van der Waals surface area contributed by atoms with Crippen LogP contribution in [0.4, 0.5) is 4.39 Å². The molecule has 21 heavy (non-hydrogen) atoms. The molecular formula is C16H22FN3O. The molecule has 0 amide bonds. The van der Waals surface area contributed by atoms with Crippen LogP contribution in [0.25, 0.3) is 0 Å². The maximum absolute atomic E-state index is 13.9. The van der Waals surface area contributed by atoms with Crippen molar-refractivity contribution in [3.63, 3.8) is 0 Å². The lowest BCUT2D eigenvalue weighted by atomic mass is 10.1. The number of nitrogens with zero attached hydrogens (tertiary/aromatic N) is 2. The zero-order valence-electron chi connectivity index (χ0n) is 12.7. The van der Waals surface area contributed by atoms with Gasteiger partial charge in [0, 0.05) is 18.3 Å². The molecule has 2 aromatic rings. The maximum atomic E-state index is 13.9. The molecule has 2 rings (SSSR count). The monoisotopic (exact) mass is 291 g/mol. The SMILES string of the molecule is CCC(C)n1ccc(COc2ccc([C@H](C)N)cc2F)n1. The van der Waals surface area contributed by atoms with Gasteiger partial charge < -0.3 is 10.5 Å². The van der Waals surface area contributed by atoms with Gasteiger partial charge in [-0.05, 0) is 44.0 Å². The summed E-state index contributed by atoms with van der Waals surface area (Å²) in [5.74, 6) is -0.177.